The molecule has 186 valence electrons. The van der Waals surface area contributed by atoms with Gasteiger partial charge in [-0.2, -0.15) is 0 Å². The van der Waals surface area contributed by atoms with Gasteiger partial charge in [0.25, 0.3) is 5.91 Å². The highest BCUT2D eigenvalue weighted by atomic mass is 32.2. The molecule has 0 N–H and O–H groups in total. The number of likely N-dealkylation sites (N-methyl/N-ethyl adjacent to an activating group) is 1. The number of pyridine rings is 1. The normalized spacial score (nSPS) is 11.2. The number of aromatic nitrogens is 1. The Morgan fingerprint density at radius 3 is 2.44 bits per heavy atom. The number of thioether (sulfide) groups is 1. The lowest BCUT2D eigenvalue weighted by molar-refractivity contribution is 0.0731. The van der Waals surface area contributed by atoms with Crippen molar-refractivity contribution in [2.75, 3.05) is 40.6 Å². The monoisotopic (exact) mass is 503 g/mol. The zero-order valence-corrected chi connectivity index (χ0v) is 21.8. The molecule has 0 fully saturated rings. The van der Waals surface area contributed by atoms with E-state index in [1.165, 1.54) is 12.1 Å². The summed E-state index contributed by atoms with van der Waals surface area (Å²) in [6.45, 7) is 1.52. The molecule has 0 saturated carbocycles. The fraction of sp³-hybridized carbons (Fsp3) is 0.241. The van der Waals surface area contributed by atoms with Crippen LogP contribution in [0.3, 0.4) is 0 Å². The molecule has 0 unspecified atom stereocenters. The fourth-order valence-electron chi connectivity index (χ4n) is 4.02. The number of nitrogens with zero attached hydrogens (tertiary/aromatic N) is 3. The molecule has 0 aliphatic heterocycles. The molecule has 1 heterocycles. The molecule has 4 rings (SSSR count). The lowest BCUT2D eigenvalue weighted by atomic mass is 10.0. The zero-order chi connectivity index (χ0) is 25.7. The fourth-order valence-corrected chi connectivity index (χ4v) is 4.45. The standard InChI is InChI=1S/C29H30FN3O2S/c1-32(2)14-15-33(29(34)22-6-5-7-24(30)17-22)19-23-16-21-10-13-26(36-4)18-27(21)31-28(23)20-8-11-25(35-3)12-9-20/h5-13,16-18H,14-15,19H2,1-4H3. The molecule has 4 aromatic rings. The number of hydrogen-bond acceptors (Lipinski definition) is 5. The van der Waals surface area contributed by atoms with Gasteiger partial charge in [-0.1, -0.05) is 12.1 Å². The third kappa shape index (κ3) is 6.04. The third-order valence-electron chi connectivity index (χ3n) is 6.00. The van der Waals surface area contributed by atoms with E-state index in [-0.39, 0.29) is 5.91 Å². The van der Waals surface area contributed by atoms with Gasteiger partial charge in [0.15, 0.2) is 0 Å². The third-order valence-corrected chi connectivity index (χ3v) is 6.73. The van der Waals surface area contributed by atoms with Gasteiger partial charge in [-0.05, 0) is 86.6 Å². The number of fused-ring (bicyclic) bond motifs is 1. The van der Waals surface area contributed by atoms with Gasteiger partial charge in [0.2, 0.25) is 0 Å². The minimum Gasteiger partial charge on any atom is -0.497 e. The van der Waals surface area contributed by atoms with Crippen LogP contribution < -0.4 is 4.74 Å². The number of halogens is 1. The maximum absolute atomic E-state index is 13.9. The van der Waals surface area contributed by atoms with Crippen molar-refractivity contribution in [3.05, 3.63) is 89.7 Å². The average molecular weight is 504 g/mol. The van der Waals surface area contributed by atoms with Gasteiger partial charge in [0.05, 0.1) is 18.3 Å². The topological polar surface area (TPSA) is 45.7 Å². The minimum absolute atomic E-state index is 0.213. The largest absolute Gasteiger partial charge is 0.497 e. The van der Waals surface area contributed by atoms with E-state index in [1.807, 2.05) is 49.5 Å². The molecule has 0 aliphatic rings. The summed E-state index contributed by atoms with van der Waals surface area (Å²) >= 11 is 1.67. The van der Waals surface area contributed by atoms with Crippen molar-refractivity contribution in [2.24, 2.45) is 0 Å². The Morgan fingerprint density at radius 2 is 1.78 bits per heavy atom. The van der Waals surface area contributed by atoms with Crippen LogP contribution in [0.15, 0.2) is 77.7 Å². The quantitative estimate of drug-likeness (QED) is 0.263. The SMILES string of the molecule is COc1ccc(-c2nc3cc(SC)ccc3cc2CN(CCN(C)C)C(=O)c2cccc(F)c2)cc1. The Balaban J connectivity index is 1.80. The first-order valence-electron chi connectivity index (χ1n) is 11.7. The highest BCUT2D eigenvalue weighted by Crippen LogP contribution is 2.30. The molecule has 1 aromatic heterocycles. The maximum atomic E-state index is 13.9. The van der Waals surface area contributed by atoms with E-state index < -0.39 is 5.82 Å². The average Bonchev–Trinajstić information content (AvgIpc) is 2.89. The minimum atomic E-state index is -0.427. The number of hydrogen-bond donors (Lipinski definition) is 0. The molecule has 3 aromatic carbocycles. The summed E-state index contributed by atoms with van der Waals surface area (Å²) in [6, 6.07) is 22.0. The van der Waals surface area contributed by atoms with Gasteiger partial charge in [-0.3, -0.25) is 4.79 Å². The molecule has 0 radical (unpaired) electrons. The van der Waals surface area contributed by atoms with Crippen LogP contribution >= 0.6 is 11.8 Å². The Morgan fingerprint density at radius 1 is 1.00 bits per heavy atom. The van der Waals surface area contributed by atoms with Crippen molar-refractivity contribution in [3.63, 3.8) is 0 Å². The Labute approximate surface area is 215 Å². The molecular weight excluding hydrogens is 473 g/mol. The lowest BCUT2D eigenvalue weighted by Gasteiger charge is -2.26. The van der Waals surface area contributed by atoms with Crippen LogP contribution in [0.25, 0.3) is 22.2 Å². The zero-order valence-electron chi connectivity index (χ0n) is 21.0. The van der Waals surface area contributed by atoms with Crippen molar-refractivity contribution < 1.29 is 13.9 Å². The molecule has 5 nitrogen and oxygen atoms in total. The first-order valence-corrected chi connectivity index (χ1v) is 12.9. The summed E-state index contributed by atoms with van der Waals surface area (Å²) < 4.78 is 19.2. The van der Waals surface area contributed by atoms with Gasteiger partial charge in [0, 0.05) is 41.0 Å². The van der Waals surface area contributed by atoms with Crippen LogP contribution in [0, 0.1) is 5.82 Å². The predicted octanol–water partition coefficient (Wildman–Crippen LogP) is 5.98. The van der Waals surface area contributed by atoms with Crippen molar-refractivity contribution in [3.8, 4) is 17.0 Å². The molecule has 0 spiro atoms. The van der Waals surface area contributed by atoms with Gasteiger partial charge in [0.1, 0.15) is 11.6 Å². The van der Waals surface area contributed by atoms with E-state index in [1.54, 1.807) is 35.9 Å². The summed E-state index contributed by atoms with van der Waals surface area (Å²) in [5, 5.41) is 1.01. The first kappa shape index (κ1) is 25.7. The molecule has 1 amide bonds. The second-order valence-corrected chi connectivity index (χ2v) is 9.70. The maximum Gasteiger partial charge on any atom is 0.254 e. The van der Waals surface area contributed by atoms with E-state index in [9.17, 15) is 9.18 Å². The van der Waals surface area contributed by atoms with E-state index in [2.05, 4.69) is 24.3 Å². The van der Waals surface area contributed by atoms with Gasteiger partial charge in [-0.25, -0.2) is 9.37 Å². The van der Waals surface area contributed by atoms with E-state index in [4.69, 9.17) is 9.72 Å². The van der Waals surface area contributed by atoms with Crippen molar-refractivity contribution >= 4 is 28.6 Å². The van der Waals surface area contributed by atoms with E-state index >= 15 is 0 Å². The van der Waals surface area contributed by atoms with Crippen LogP contribution in [0.2, 0.25) is 0 Å². The summed E-state index contributed by atoms with van der Waals surface area (Å²) in [7, 11) is 5.57. The van der Waals surface area contributed by atoms with Crippen molar-refractivity contribution in [2.45, 2.75) is 11.4 Å². The Hall–Kier alpha value is -3.42. The summed E-state index contributed by atoms with van der Waals surface area (Å²) in [6.07, 6.45) is 2.04. The van der Waals surface area contributed by atoms with Crippen LogP contribution in [-0.2, 0) is 6.54 Å². The summed E-state index contributed by atoms with van der Waals surface area (Å²) in [5.74, 6) is 0.124. The van der Waals surface area contributed by atoms with Crippen LogP contribution in [0.1, 0.15) is 15.9 Å². The van der Waals surface area contributed by atoms with Crippen LogP contribution in [-0.4, -0.2) is 61.2 Å². The molecular formula is C29H30FN3O2S. The van der Waals surface area contributed by atoms with Gasteiger partial charge >= 0.3 is 0 Å². The highest BCUT2D eigenvalue weighted by Gasteiger charge is 2.20. The van der Waals surface area contributed by atoms with Crippen molar-refractivity contribution in [1.29, 1.82) is 0 Å². The summed E-state index contributed by atoms with van der Waals surface area (Å²) in [4.78, 5) is 23.5. The molecule has 36 heavy (non-hydrogen) atoms. The molecule has 0 atom stereocenters. The number of methoxy groups -OCH3 is 1. The molecule has 0 bridgehead atoms. The van der Waals surface area contributed by atoms with Gasteiger partial charge in [-0.15, -0.1) is 11.8 Å². The van der Waals surface area contributed by atoms with E-state index in [0.29, 0.717) is 25.2 Å². The smallest absolute Gasteiger partial charge is 0.254 e. The van der Waals surface area contributed by atoms with E-state index in [0.717, 1.165) is 38.4 Å². The Kier molecular flexibility index (Phi) is 8.23. The lowest BCUT2D eigenvalue weighted by Crippen LogP contribution is -2.36. The number of carbonyl (C=O) groups excluding carboxylic acids is 1. The number of benzene rings is 3. The number of carbonyl (C=O) groups is 1. The summed E-state index contributed by atoms with van der Waals surface area (Å²) in [5.41, 5.74) is 3.90. The molecule has 7 heteroatoms. The number of ether oxygens (including phenoxy) is 1. The number of amides is 1. The van der Waals surface area contributed by atoms with Crippen LogP contribution in [0.4, 0.5) is 4.39 Å². The van der Waals surface area contributed by atoms with Gasteiger partial charge < -0.3 is 14.5 Å². The second kappa shape index (κ2) is 11.5. The molecule has 0 aliphatic carbocycles. The molecule has 0 saturated heterocycles. The first-order chi connectivity index (χ1) is 17.4. The number of rotatable bonds is 9. The van der Waals surface area contributed by atoms with Crippen LogP contribution in [0.5, 0.6) is 5.75 Å². The second-order valence-electron chi connectivity index (χ2n) is 8.82. The predicted molar refractivity (Wildman–Crippen MR) is 145 cm³/mol. The highest BCUT2D eigenvalue weighted by molar-refractivity contribution is 7.98. The Bertz CT molecular complexity index is 1360. The van der Waals surface area contributed by atoms with Crippen molar-refractivity contribution in [1.82, 2.24) is 14.8 Å².